The van der Waals surface area contributed by atoms with Crippen molar-refractivity contribution in [3.63, 3.8) is 0 Å². The molecule has 0 atom stereocenters. The second-order valence-electron chi connectivity index (χ2n) is 3.74. The third-order valence-electron chi connectivity index (χ3n) is 2.40. The van der Waals surface area contributed by atoms with Crippen molar-refractivity contribution in [2.75, 3.05) is 0 Å². The lowest BCUT2D eigenvalue weighted by Gasteiger charge is -2.22. The molecule has 0 radical (unpaired) electrons. The Hall–Kier alpha value is -1.04. The lowest BCUT2D eigenvalue weighted by molar-refractivity contribution is -0.186. The maximum absolute atomic E-state index is 12.3. The van der Waals surface area contributed by atoms with Crippen molar-refractivity contribution in [1.29, 1.82) is 0 Å². The second-order valence-corrected chi connectivity index (χ2v) is 4.77. The Bertz CT molecular complexity index is 370. The lowest BCUT2D eigenvalue weighted by Crippen LogP contribution is -2.41. The minimum absolute atomic E-state index is 0.0701. The fourth-order valence-corrected chi connectivity index (χ4v) is 2.19. The van der Waals surface area contributed by atoms with Gasteiger partial charge >= 0.3 is 12.1 Å². The van der Waals surface area contributed by atoms with E-state index in [-0.39, 0.29) is 12.6 Å². The predicted molar refractivity (Wildman–Crippen MR) is 53.9 cm³/mol. The minimum atomic E-state index is -4.76. The number of rotatable bonds is 3. The summed E-state index contributed by atoms with van der Waals surface area (Å²) in [6.07, 6.45) is -3.42. The molecule has 88 valence electrons. The Kier molecular flexibility index (Phi) is 2.92. The molecular weight excluding hydrogens is 239 g/mol. The van der Waals surface area contributed by atoms with Crippen LogP contribution in [-0.2, 0) is 11.3 Å². The molecule has 1 aromatic heterocycles. The number of nitrogens with zero attached hydrogens (tertiary/aromatic N) is 1. The summed E-state index contributed by atoms with van der Waals surface area (Å²) in [6, 6.07) is 3.28. The van der Waals surface area contributed by atoms with Gasteiger partial charge < -0.3 is 4.90 Å². The minimum Gasteiger partial charge on any atom is -0.327 e. The van der Waals surface area contributed by atoms with Crippen molar-refractivity contribution in [2.45, 2.75) is 31.6 Å². The molecule has 0 aliphatic heterocycles. The van der Waals surface area contributed by atoms with Crippen LogP contribution in [0.15, 0.2) is 17.5 Å². The molecule has 0 aromatic carbocycles. The van der Waals surface area contributed by atoms with Gasteiger partial charge in [-0.15, -0.1) is 11.3 Å². The van der Waals surface area contributed by atoms with E-state index in [1.807, 2.05) is 0 Å². The molecule has 1 aliphatic rings. The Morgan fingerprint density at radius 1 is 1.50 bits per heavy atom. The molecule has 1 fully saturated rings. The van der Waals surface area contributed by atoms with Crippen LogP contribution in [0.3, 0.4) is 0 Å². The molecule has 6 heteroatoms. The van der Waals surface area contributed by atoms with E-state index in [2.05, 4.69) is 0 Å². The summed E-state index contributed by atoms with van der Waals surface area (Å²) in [4.78, 5) is 12.9. The van der Waals surface area contributed by atoms with Gasteiger partial charge in [0.05, 0.1) is 6.54 Å². The van der Waals surface area contributed by atoms with Crippen LogP contribution in [0.25, 0.3) is 0 Å². The summed E-state index contributed by atoms with van der Waals surface area (Å²) in [5.74, 6) is -1.72. The van der Waals surface area contributed by atoms with Gasteiger partial charge in [0.15, 0.2) is 0 Å². The number of carbonyl (C=O) groups is 1. The Labute approximate surface area is 94.7 Å². The molecule has 0 bridgehead atoms. The lowest BCUT2D eigenvalue weighted by atomic mass is 10.3. The van der Waals surface area contributed by atoms with Crippen molar-refractivity contribution in [3.8, 4) is 0 Å². The second kappa shape index (κ2) is 4.08. The maximum atomic E-state index is 12.3. The number of thiophene rings is 1. The number of hydrogen-bond donors (Lipinski definition) is 0. The van der Waals surface area contributed by atoms with E-state index in [0.717, 1.165) is 9.78 Å². The van der Waals surface area contributed by atoms with Crippen LogP contribution in [0, 0.1) is 0 Å². The zero-order chi connectivity index (χ0) is 11.8. The molecule has 1 amide bonds. The first kappa shape index (κ1) is 11.4. The molecule has 1 heterocycles. The SMILES string of the molecule is O=C(N(Cc1cccs1)C1CC1)C(F)(F)F. The first-order chi connectivity index (χ1) is 7.48. The van der Waals surface area contributed by atoms with Crippen molar-refractivity contribution >= 4 is 17.2 Å². The first-order valence-electron chi connectivity index (χ1n) is 4.88. The third-order valence-corrected chi connectivity index (χ3v) is 3.26. The number of halogens is 3. The molecule has 1 aromatic rings. The zero-order valence-corrected chi connectivity index (χ0v) is 9.14. The number of amides is 1. The molecule has 16 heavy (non-hydrogen) atoms. The molecule has 2 nitrogen and oxygen atoms in total. The molecule has 2 rings (SSSR count). The molecule has 1 aliphatic carbocycles. The summed E-state index contributed by atoms with van der Waals surface area (Å²) < 4.78 is 37.0. The highest BCUT2D eigenvalue weighted by Crippen LogP contribution is 2.32. The van der Waals surface area contributed by atoms with Crippen LogP contribution < -0.4 is 0 Å². The smallest absolute Gasteiger partial charge is 0.327 e. The van der Waals surface area contributed by atoms with Gasteiger partial charge in [0.25, 0.3) is 0 Å². The van der Waals surface area contributed by atoms with Crippen molar-refractivity contribution in [3.05, 3.63) is 22.4 Å². The highest BCUT2D eigenvalue weighted by molar-refractivity contribution is 7.09. The van der Waals surface area contributed by atoms with E-state index in [4.69, 9.17) is 0 Å². The monoisotopic (exact) mass is 249 g/mol. The summed E-state index contributed by atoms with van der Waals surface area (Å²) >= 11 is 1.36. The van der Waals surface area contributed by atoms with Crippen LogP contribution in [0.2, 0.25) is 0 Å². The summed E-state index contributed by atoms with van der Waals surface area (Å²) in [7, 11) is 0. The van der Waals surface area contributed by atoms with E-state index in [0.29, 0.717) is 12.8 Å². The number of hydrogen-bond acceptors (Lipinski definition) is 2. The quantitative estimate of drug-likeness (QED) is 0.806. The molecule has 0 spiro atoms. The van der Waals surface area contributed by atoms with E-state index < -0.39 is 12.1 Å². The molecular formula is C10H10F3NOS. The Balaban J connectivity index is 2.09. The number of alkyl halides is 3. The van der Waals surface area contributed by atoms with Gasteiger partial charge in [-0.25, -0.2) is 0 Å². The van der Waals surface area contributed by atoms with Crippen molar-refractivity contribution in [1.82, 2.24) is 4.90 Å². The average Bonchev–Trinajstić information content (AvgIpc) is 2.90. The van der Waals surface area contributed by atoms with E-state index in [1.165, 1.54) is 11.3 Å². The Morgan fingerprint density at radius 3 is 2.62 bits per heavy atom. The average molecular weight is 249 g/mol. The highest BCUT2D eigenvalue weighted by Gasteiger charge is 2.46. The topological polar surface area (TPSA) is 20.3 Å². The van der Waals surface area contributed by atoms with Crippen LogP contribution in [-0.4, -0.2) is 23.0 Å². The van der Waals surface area contributed by atoms with Gasteiger partial charge in [0.2, 0.25) is 0 Å². The first-order valence-corrected chi connectivity index (χ1v) is 5.76. The van der Waals surface area contributed by atoms with Gasteiger partial charge in [-0.1, -0.05) is 6.07 Å². The van der Waals surface area contributed by atoms with Crippen LogP contribution in [0.1, 0.15) is 17.7 Å². The predicted octanol–water partition coefficient (Wildman–Crippen LogP) is 2.80. The fourth-order valence-electron chi connectivity index (χ4n) is 1.49. The standard InChI is InChI=1S/C10H10F3NOS/c11-10(12,13)9(15)14(7-3-4-7)6-8-2-1-5-16-8/h1-2,5,7H,3-4,6H2. The molecule has 0 N–H and O–H groups in total. The Morgan fingerprint density at radius 2 is 2.19 bits per heavy atom. The van der Waals surface area contributed by atoms with Gasteiger partial charge in [0.1, 0.15) is 0 Å². The maximum Gasteiger partial charge on any atom is 0.471 e. The summed E-state index contributed by atoms with van der Waals surface area (Å²) in [5.41, 5.74) is 0. The highest BCUT2D eigenvalue weighted by atomic mass is 32.1. The van der Waals surface area contributed by atoms with E-state index in [9.17, 15) is 18.0 Å². The van der Waals surface area contributed by atoms with Crippen LogP contribution in [0.4, 0.5) is 13.2 Å². The van der Waals surface area contributed by atoms with Gasteiger partial charge in [-0.3, -0.25) is 4.79 Å². The third kappa shape index (κ3) is 2.55. The van der Waals surface area contributed by atoms with Crippen molar-refractivity contribution < 1.29 is 18.0 Å². The summed E-state index contributed by atoms with van der Waals surface area (Å²) in [5, 5.41) is 1.79. The molecule has 1 saturated carbocycles. The zero-order valence-electron chi connectivity index (χ0n) is 8.33. The van der Waals surface area contributed by atoms with Crippen LogP contribution in [0.5, 0.6) is 0 Å². The molecule has 0 unspecified atom stereocenters. The molecule has 0 saturated heterocycles. The van der Waals surface area contributed by atoms with Gasteiger partial charge in [-0.05, 0) is 24.3 Å². The van der Waals surface area contributed by atoms with E-state index in [1.54, 1.807) is 17.5 Å². The normalized spacial score (nSPS) is 16.2. The van der Waals surface area contributed by atoms with Crippen molar-refractivity contribution in [2.24, 2.45) is 0 Å². The van der Waals surface area contributed by atoms with Gasteiger partial charge in [0, 0.05) is 10.9 Å². The van der Waals surface area contributed by atoms with E-state index >= 15 is 0 Å². The van der Waals surface area contributed by atoms with Crippen LogP contribution >= 0.6 is 11.3 Å². The largest absolute Gasteiger partial charge is 0.471 e. The van der Waals surface area contributed by atoms with Gasteiger partial charge in [-0.2, -0.15) is 13.2 Å². The summed E-state index contributed by atoms with van der Waals surface area (Å²) in [6.45, 7) is 0.0701. The fraction of sp³-hybridized carbons (Fsp3) is 0.500. The number of carbonyl (C=O) groups excluding carboxylic acids is 1.